The minimum atomic E-state index is -4.34. The summed E-state index contributed by atoms with van der Waals surface area (Å²) in [5.41, 5.74) is 0. The minimum Gasteiger partial charge on any atom is -0.387 e. The molecule has 0 saturated heterocycles. The average molecular weight is 798 g/mol. The van der Waals surface area contributed by atoms with Crippen molar-refractivity contribution >= 4 is 13.7 Å². The Morgan fingerprint density at radius 1 is 0.618 bits per heavy atom. The predicted octanol–water partition coefficient (Wildman–Crippen LogP) is 12.7. The van der Waals surface area contributed by atoms with Crippen LogP contribution in [0, 0.1) is 0 Å². The Balaban J connectivity index is 4.43. The van der Waals surface area contributed by atoms with Crippen molar-refractivity contribution in [3.05, 3.63) is 36.5 Å². The van der Waals surface area contributed by atoms with Crippen LogP contribution in [0.2, 0.25) is 0 Å². The van der Waals surface area contributed by atoms with E-state index in [9.17, 15) is 19.4 Å². The molecule has 0 aromatic carbocycles. The van der Waals surface area contributed by atoms with Crippen molar-refractivity contribution in [2.75, 3.05) is 40.9 Å². The molecule has 0 spiro atoms. The third-order valence-corrected chi connectivity index (χ3v) is 11.1. The van der Waals surface area contributed by atoms with Crippen LogP contribution >= 0.6 is 7.82 Å². The maximum Gasteiger partial charge on any atom is 0.472 e. The van der Waals surface area contributed by atoms with Crippen molar-refractivity contribution in [3.63, 3.8) is 0 Å². The van der Waals surface area contributed by atoms with Gasteiger partial charge in [0.15, 0.2) is 0 Å². The standard InChI is InChI=1S/C46H89N2O6P/c1-6-8-10-12-14-16-18-20-22-23-24-26-27-29-31-33-35-37-39-45(49)44(43-54-55(51,52)53-42-41-48(3,4)5)47-46(50)40-38-36-34-32-30-28-25-21-19-17-15-13-11-9-7-2/h15,17,21,25,37,39,44-45,49H,6-14,16,18-20,22-24,26-36,38,40-43H2,1-5H3,(H-,47,50,51,52)/p+1/b17-15-,25-21-,39-37+. The largest absolute Gasteiger partial charge is 0.472 e. The van der Waals surface area contributed by atoms with Crippen LogP contribution in [0.15, 0.2) is 36.5 Å². The molecule has 0 saturated carbocycles. The van der Waals surface area contributed by atoms with Crippen molar-refractivity contribution in [1.82, 2.24) is 5.32 Å². The molecule has 9 heteroatoms. The highest BCUT2D eigenvalue weighted by molar-refractivity contribution is 7.47. The molecule has 0 radical (unpaired) electrons. The number of quaternary nitrogens is 1. The van der Waals surface area contributed by atoms with Crippen molar-refractivity contribution < 1.29 is 32.9 Å². The third kappa shape index (κ3) is 40.7. The maximum absolute atomic E-state index is 12.9. The van der Waals surface area contributed by atoms with E-state index in [2.05, 4.69) is 43.5 Å². The van der Waals surface area contributed by atoms with Crippen LogP contribution in [-0.4, -0.2) is 73.4 Å². The fourth-order valence-corrected chi connectivity index (χ4v) is 7.16. The summed E-state index contributed by atoms with van der Waals surface area (Å²) in [4.78, 5) is 23.1. The molecule has 0 rings (SSSR count). The Labute approximate surface area is 340 Å². The highest BCUT2D eigenvalue weighted by Crippen LogP contribution is 2.43. The maximum atomic E-state index is 12.9. The summed E-state index contributed by atoms with van der Waals surface area (Å²) in [6.07, 6.45) is 46.3. The number of rotatable bonds is 41. The molecule has 0 aliphatic heterocycles. The lowest BCUT2D eigenvalue weighted by Crippen LogP contribution is -2.45. The van der Waals surface area contributed by atoms with Gasteiger partial charge in [0.1, 0.15) is 13.2 Å². The van der Waals surface area contributed by atoms with Gasteiger partial charge in [0.25, 0.3) is 0 Å². The molecular formula is C46H90N2O6P+. The SMILES string of the molecule is CCCCC/C=C\C/C=C\CCCCCCCC(=O)NC(COP(=O)(O)OCC[N+](C)(C)C)C(O)/C=C/CCCCCCCCCCCCCCCCCC. The van der Waals surface area contributed by atoms with Gasteiger partial charge in [0.2, 0.25) is 5.91 Å². The number of aliphatic hydroxyl groups is 1. The second-order valence-electron chi connectivity index (χ2n) is 16.8. The molecule has 55 heavy (non-hydrogen) atoms. The Morgan fingerprint density at radius 2 is 1.04 bits per heavy atom. The molecule has 1 amide bonds. The van der Waals surface area contributed by atoms with Crippen LogP contribution in [0.5, 0.6) is 0 Å². The van der Waals surface area contributed by atoms with Crippen LogP contribution in [0.1, 0.15) is 200 Å². The van der Waals surface area contributed by atoms with Crippen molar-refractivity contribution in [2.45, 2.75) is 212 Å². The van der Waals surface area contributed by atoms with Gasteiger partial charge in [-0.2, -0.15) is 0 Å². The second kappa shape index (κ2) is 38.2. The molecule has 3 atom stereocenters. The van der Waals surface area contributed by atoms with E-state index in [1.165, 1.54) is 116 Å². The van der Waals surface area contributed by atoms with E-state index in [0.29, 0.717) is 17.4 Å². The minimum absolute atomic E-state index is 0.0584. The number of nitrogens with zero attached hydrogens (tertiary/aromatic N) is 1. The number of unbranched alkanes of at least 4 members (excludes halogenated alkanes) is 24. The summed E-state index contributed by atoms with van der Waals surface area (Å²) in [6, 6.07) is -0.852. The van der Waals surface area contributed by atoms with E-state index in [1.807, 2.05) is 27.2 Å². The molecule has 8 nitrogen and oxygen atoms in total. The topological polar surface area (TPSA) is 105 Å². The molecule has 0 bridgehead atoms. The number of carbonyl (C=O) groups excluding carboxylic acids is 1. The summed E-state index contributed by atoms with van der Waals surface area (Å²) in [7, 11) is 1.56. The molecule has 0 aromatic heterocycles. The molecule has 0 aliphatic carbocycles. The molecule has 324 valence electrons. The molecule has 0 heterocycles. The zero-order valence-electron chi connectivity index (χ0n) is 36.7. The van der Waals surface area contributed by atoms with Gasteiger partial charge in [0, 0.05) is 6.42 Å². The van der Waals surface area contributed by atoms with Crippen LogP contribution in [-0.2, 0) is 18.4 Å². The number of phosphoric acid groups is 1. The molecule has 0 aliphatic rings. The van der Waals surface area contributed by atoms with Gasteiger partial charge in [-0.15, -0.1) is 0 Å². The predicted molar refractivity (Wildman–Crippen MR) is 235 cm³/mol. The Hall–Kier alpha value is -1.28. The van der Waals surface area contributed by atoms with E-state index in [1.54, 1.807) is 6.08 Å². The molecule has 0 fully saturated rings. The first kappa shape index (κ1) is 53.7. The van der Waals surface area contributed by atoms with E-state index >= 15 is 0 Å². The summed E-state index contributed by atoms with van der Waals surface area (Å²) < 4.78 is 23.6. The summed E-state index contributed by atoms with van der Waals surface area (Å²) >= 11 is 0. The first-order valence-corrected chi connectivity index (χ1v) is 24.4. The van der Waals surface area contributed by atoms with Gasteiger partial charge in [-0.1, -0.05) is 179 Å². The van der Waals surface area contributed by atoms with Crippen molar-refractivity contribution in [1.29, 1.82) is 0 Å². The summed E-state index contributed by atoms with van der Waals surface area (Å²) in [5, 5.41) is 13.8. The summed E-state index contributed by atoms with van der Waals surface area (Å²) in [5.74, 6) is -0.191. The van der Waals surface area contributed by atoms with E-state index < -0.39 is 20.0 Å². The Bertz CT molecular complexity index is 995. The van der Waals surface area contributed by atoms with Crippen LogP contribution in [0.25, 0.3) is 0 Å². The Morgan fingerprint density at radius 3 is 1.53 bits per heavy atom. The van der Waals surface area contributed by atoms with Crippen LogP contribution in [0.3, 0.4) is 0 Å². The molecular weight excluding hydrogens is 707 g/mol. The van der Waals surface area contributed by atoms with Crippen LogP contribution in [0.4, 0.5) is 0 Å². The number of carbonyl (C=O) groups is 1. The fraction of sp³-hybridized carbons (Fsp3) is 0.848. The lowest BCUT2D eigenvalue weighted by Gasteiger charge is -2.25. The average Bonchev–Trinajstić information content (AvgIpc) is 3.13. The quantitative estimate of drug-likeness (QED) is 0.0246. The van der Waals surface area contributed by atoms with Gasteiger partial charge in [0.05, 0.1) is 39.9 Å². The van der Waals surface area contributed by atoms with Gasteiger partial charge in [-0.25, -0.2) is 4.57 Å². The van der Waals surface area contributed by atoms with E-state index in [-0.39, 0.29) is 19.1 Å². The number of likely N-dealkylation sites (N-methyl/N-ethyl adjacent to an activating group) is 1. The first-order valence-electron chi connectivity index (χ1n) is 22.9. The molecule has 3 unspecified atom stereocenters. The van der Waals surface area contributed by atoms with Crippen molar-refractivity contribution in [2.24, 2.45) is 0 Å². The highest BCUT2D eigenvalue weighted by Gasteiger charge is 2.27. The fourth-order valence-electron chi connectivity index (χ4n) is 6.42. The number of hydrogen-bond acceptors (Lipinski definition) is 5. The van der Waals surface area contributed by atoms with Crippen LogP contribution < -0.4 is 5.32 Å². The number of phosphoric ester groups is 1. The van der Waals surface area contributed by atoms with Gasteiger partial charge in [-0.3, -0.25) is 13.8 Å². The third-order valence-electron chi connectivity index (χ3n) is 10.1. The van der Waals surface area contributed by atoms with Gasteiger partial charge >= 0.3 is 7.82 Å². The second-order valence-corrected chi connectivity index (χ2v) is 18.2. The molecule has 0 aromatic rings. The lowest BCUT2D eigenvalue weighted by atomic mass is 10.0. The number of aliphatic hydroxyl groups excluding tert-OH is 1. The highest BCUT2D eigenvalue weighted by atomic mass is 31.2. The summed E-state index contributed by atoms with van der Waals surface area (Å²) in [6.45, 7) is 4.78. The van der Waals surface area contributed by atoms with Gasteiger partial charge < -0.3 is 19.8 Å². The Kier molecular flexibility index (Phi) is 37.4. The monoisotopic (exact) mass is 798 g/mol. The zero-order valence-corrected chi connectivity index (χ0v) is 37.6. The molecule has 3 N–H and O–H groups in total. The first-order chi connectivity index (χ1) is 26.5. The number of hydrogen-bond donors (Lipinski definition) is 3. The number of amides is 1. The van der Waals surface area contributed by atoms with Crippen molar-refractivity contribution in [3.8, 4) is 0 Å². The van der Waals surface area contributed by atoms with Gasteiger partial charge in [-0.05, 0) is 51.4 Å². The lowest BCUT2D eigenvalue weighted by molar-refractivity contribution is -0.870. The number of allylic oxidation sites excluding steroid dienone is 5. The normalized spacial score (nSPS) is 14.7. The smallest absolute Gasteiger partial charge is 0.387 e. The van der Waals surface area contributed by atoms with E-state index in [0.717, 1.165) is 64.2 Å². The zero-order chi connectivity index (χ0) is 40.7. The van der Waals surface area contributed by atoms with E-state index in [4.69, 9.17) is 9.05 Å². The number of nitrogens with one attached hydrogen (secondary N) is 1.